The molecule has 0 saturated carbocycles. The van der Waals surface area contributed by atoms with Crippen LogP contribution >= 0.6 is 11.3 Å². The van der Waals surface area contributed by atoms with Gasteiger partial charge in [-0.25, -0.2) is 0 Å². The van der Waals surface area contributed by atoms with Crippen molar-refractivity contribution < 1.29 is 4.42 Å². The van der Waals surface area contributed by atoms with E-state index in [1.165, 1.54) is 16.0 Å². The largest absolute Gasteiger partial charge is 0.469 e. The Kier molecular flexibility index (Phi) is 5.09. The highest BCUT2D eigenvalue weighted by Gasteiger charge is 2.16. The minimum atomic E-state index is 0.312. The Labute approximate surface area is 135 Å². The topological polar surface area (TPSA) is 25.2 Å². The fourth-order valence-corrected chi connectivity index (χ4v) is 3.31. The Hall–Kier alpha value is -1.84. The lowest BCUT2D eigenvalue weighted by Crippen LogP contribution is -2.17. The van der Waals surface area contributed by atoms with Crippen LogP contribution in [0.4, 0.5) is 0 Å². The fourth-order valence-electron chi connectivity index (χ4n) is 2.63. The number of hydrogen-bond acceptors (Lipinski definition) is 3. The molecule has 114 valence electrons. The van der Waals surface area contributed by atoms with E-state index in [1.807, 2.05) is 6.07 Å². The molecule has 0 radical (unpaired) electrons. The van der Waals surface area contributed by atoms with Gasteiger partial charge in [-0.2, -0.15) is 0 Å². The minimum absolute atomic E-state index is 0.312. The number of hydrogen-bond donors (Lipinski definition) is 1. The molecule has 0 fully saturated rings. The van der Waals surface area contributed by atoms with Gasteiger partial charge in [0.25, 0.3) is 0 Å². The summed E-state index contributed by atoms with van der Waals surface area (Å²) in [5, 5.41) is 5.65. The smallest absolute Gasteiger partial charge is 0.111 e. The summed E-state index contributed by atoms with van der Waals surface area (Å²) in [5.41, 5.74) is 2.61. The summed E-state index contributed by atoms with van der Waals surface area (Å²) >= 11 is 1.80. The molecule has 1 atom stereocenters. The molecule has 2 nitrogen and oxygen atoms in total. The molecule has 22 heavy (non-hydrogen) atoms. The molecule has 0 aliphatic carbocycles. The number of rotatable bonds is 7. The summed E-state index contributed by atoms with van der Waals surface area (Å²) in [6.07, 6.45) is 2.79. The van der Waals surface area contributed by atoms with Crippen LogP contribution in [0.2, 0.25) is 0 Å². The van der Waals surface area contributed by atoms with E-state index in [9.17, 15) is 0 Å². The van der Waals surface area contributed by atoms with Gasteiger partial charge in [0, 0.05) is 17.3 Å². The number of benzene rings is 1. The predicted octanol–water partition coefficient (Wildman–Crippen LogP) is 4.96. The van der Waals surface area contributed by atoms with Crippen LogP contribution < -0.4 is 5.32 Å². The van der Waals surface area contributed by atoms with E-state index < -0.39 is 0 Å². The molecule has 1 aromatic carbocycles. The third-order valence-corrected chi connectivity index (χ3v) is 4.73. The monoisotopic (exact) mass is 311 g/mol. The molecule has 0 aliphatic rings. The maximum atomic E-state index is 5.66. The van der Waals surface area contributed by atoms with Gasteiger partial charge < -0.3 is 9.73 Å². The maximum Gasteiger partial charge on any atom is 0.111 e. The molecule has 0 spiro atoms. The van der Waals surface area contributed by atoms with E-state index in [-0.39, 0.29) is 0 Å². The molecule has 0 bridgehead atoms. The van der Waals surface area contributed by atoms with Crippen LogP contribution in [-0.2, 0) is 6.54 Å². The van der Waals surface area contributed by atoms with Crippen LogP contribution in [0.1, 0.15) is 34.1 Å². The molecule has 0 amide bonds. The lowest BCUT2D eigenvalue weighted by molar-refractivity contribution is 0.466. The molecular formula is C19H21NOS. The zero-order chi connectivity index (χ0) is 15.2. The van der Waals surface area contributed by atoms with Crippen molar-refractivity contribution in [1.82, 2.24) is 5.32 Å². The second kappa shape index (κ2) is 7.43. The van der Waals surface area contributed by atoms with Gasteiger partial charge in [0.2, 0.25) is 0 Å². The Bertz CT molecular complexity index is 656. The van der Waals surface area contributed by atoms with Crippen molar-refractivity contribution in [2.75, 3.05) is 6.54 Å². The molecule has 0 saturated heterocycles. The van der Waals surface area contributed by atoms with E-state index in [1.54, 1.807) is 17.6 Å². The molecule has 2 heterocycles. The minimum Gasteiger partial charge on any atom is -0.469 e. The first-order valence-electron chi connectivity index (χ1n) is 7.66. The highest BCUT2D eigenvalue weighted by Crippen LogP contribution is 2.28. The average Bonchev–Trinajstić information content (AvgIpc) is 3.21. The van der Waals surface area contributed by atoms with Gasteiger partial charge in [-0.1, -0.05) is 35.9 Å². The van der Waals surface area contributed by atoms with E-state index >= 15 is 0 Å². The molecule has 3 aromatic rings. The Morgan fingerprint density at radius 3 is 2.64 bits per heavy atom. The van der Waals surface area contributed by atoms with Crippen molar-refractivity contribution in [2.24, 2.45) is 0 Å². The van der Waals surface area contributed by atoms with Gasteiger partial charge >= 0.3 is 0 Å². The van der Waals surface area contributed by atoms with Crippen molar-refractivity contribution >= 4 is 11.3 Å². The Balaban J connectivity index is 1.63. The standard InChI is InChI=1S/C19H21NOS/c1-15-6-8-16(9-7-15)18(19-5-2-12-21-19)10-11-20-14-17-4-3-13-22-17/h2-9,12-13,18,20H,10-11,14H2,1H3. The lowest BCUT2D eigenvalue weighted by atomic mass is 9.92. The predicted molar refractivity (Wildman–Crippen MR) is 92.4 cm³/mol. The van der Waals surface area contributed by atoms with Gasteiger partial charge in [0.15, 0.2) is 0 Å². The van der Waals surface area contributed by atoms with Crippen LogP contribution in [0.25, 0.3) is 0 Å². The molecule has 0 aliphatic heterocycles. The van der Waals surface area contributed by atoms with Gasteiger partial charge in [0.1, 0.15) is 5.76 Å². The molecule has 3 heteroatoms. The third kappa shape index (κ3) is 3.87. The van der Waals surface area contributed by atoms with Gasteiger partial charge in [0.05, 0.1) is 6.26 Å². The molecular weight excluding hydrogens is 290 g/mol. The summed E-state index contributed by atoms with van der Waals surface area (Å²) < 4.78 is 5.66. The summed E-state index contributed by atoms with van der Waals surface area (Å²) in [6.45, 7) is 4.03. The molecule has 1 N–H and O–H groups in total. The van der Waals surface area contributed by atoms with E-state index in [4.69, 9.17) is 4.42 Å². The SMILES string of the molecule is Cc1ccc(C(CCNCc2cccs2)c2ccco2)cc1. The van der Waals surface area contributed by atoms with Crippen molar-refractivity contribution in [3.05, 3.63) is 81.9 Å². The van der Waals surface area contributed by atoms with Crippen LogP contribution in [0.15, 0.2) is 64.6 Å². The Morgan fingerprint density at radius 1 is 1.09 bits per heavy atom. The van der Waals surface area contributed by atoms with E-state index in [0.717, 1.165) is 25.3 Å². The van der Waals surface area contributed by atoms with Gasteiger partial charge in [-0.05, 0) is 49.0 Å². The first-order valence-corrected chi connectivity index (χ1v) is 8.54. The Morgan fingerprint density at radius 2 is 1.95 bits per heavy atom. The molecule has 1 unspecified atom stereocenters. The summed E-state index contributed by atoms with van der Waals surface area (Å²) in [6, 6.07) is 17.1. The number of nitrogens with one attached hydrogen (secondary N) is 1. The van der Waals surface area contributed by atoms with E-state index in [2.05, 4.69) is 60.1 Å². The zero-order valence-corrected chi connectivity index (χ0v) is 13.6. The second-order valence-electron chi connectivity index (χ2n) is 5.52. The van der Waals surface area contributed by atoms with Crippen molar-refractivity contribution in [2.45, 2.75) is 25.8 Å². The first kappa shape index (κ1) is 15.1. The third-order valence-electron chi connectivity index (χ3n) is 3.86. The van der Waals surface area contributed by atoms with E-state index in [0.29, 0.717) is 5.92 Å². The average molecular weight is 311 g/mol. The fraction of sp³-hybridized carbons (Fsp3) is 0.263. The van der Waals surface area contributed by atoms with Crippen LogP contribution in [0.5, 0.6) is 0 Å². The van der Waals surface area contributed by atoms with Crippen LogP contribution in [-0.4, -0.2) is 6.54 Å². The normalized spacial score (nSPS) is 12.4. The lowest BCUT2D eigenvalue weighted by Gasteiger charge is -2.16. The zero-order valence-electron chi connectivity index (χ0n) is 12.8. The van der Waals surface area contributed by atoms with Crippen molar-refractivity contribution in [1.29, 1.82) is 0 Å². The van der Waals surface area contributed by atoms with Crippen LogP contribution in [0.3, 0.4) is 0 Å². The molecule has 2 aromatic heterocycles. The highest BCUT2D eigenvalue weighted by atomic mass is 32.1. The maximum absolute atomic E-state index is 5.66. The first-order chi connectivity index (χ1) is 10.8. The van der Waals surface area contributed by atoms with Crippen LogP contribution in [0, 0.1) is 6.92 Å². The van der Waals surface area contributed by atoms with Crippen molar-refractivity contribution in [3.8, 4) is 0 Å². The quantitative estimate of drug-likeness (QED) is 0.624. The summed E-state index contributed by atoms with van der Waals surface area (Å²) in [5.74, 6) is 1.35. The highest BCUT2D eigenvalue weighted by molar-refractivity contribution is 7.09. The number of furan rings is 1. The summed E-state index contributed by atoms with van der Waals surface area (Å²) in [4.78, 5) is 1.38. The second-order valence-corrected chi connectivity index (χ2v) is 6.56. The van der Waals surface area contributed by atoms with Gasteiger partial charge in [-0.3, -0.25) is 0 Å². The van der Waals surface area contributed by atoms with Gasteiger partial charge in [-0.15, -0.1) is 11.3 Å². The molecule has 3 rings (SSSR count). The van der Waals surface area contributed by atoms with Crippen molar-refractivity contribution in [3.63, 3.8) is 0 Å². The number of thiophene rings is 1. The number of aryl methyl sites for hydroxylation is 1. The summed E-state index contributed by atoms with van der Waals surface area (Å²) in [7, 11) is 0.